The Labute approximate surface area is 137 Å². The molecule has 0 spiro atoms. The van der Waals surface area contributed by atoms with Crippen molar-refractivity contribution in [2.75, 3.05) is 25.9 Å². The number of hydrogen-bond donors (Lipinski definition) is 0. The number of sulfonamides is 1. The van der Waals surface area contributed by atoms with E-state index >= 15 is 0 Å². The van der Waals surface area contributed by atoms with Gasteiger partial charge in [0.15, 0.2) is 0 Å². The number of rotatable bonds is 3. The normalized spacial score (nSPS) is 28.8. The zero-order valence-electron chi connectivity index (χ0n) is 13.4. The minimum absolute atomic E-state index is 0.00136. The molecule has 1 aromatic heterocycles. The highest BCUT2D eigenvalue weighted by Gasteiger charge is 2.41. The van der Waals surface area contributed by atoms with E-state index in [1.165, 1.54) is 6.26 Å². The fourth-order valence-electron chi connectivity index (χ4n) is 3.95. The molecule has 126 valence electrons. The minimum atomic E-state index is -3.20. The highest BCUT2D eigenvalue weighted by atomic mass is 32.2. The molecule has 2 bridgehead atoms. The van der Waals surface area contributed by atoms with Crippen LogP contribution in [0.15, 0.2) is 18.3 Å². The standard InChI is InChI=1S/C16H23N3O3S/c1-23(21,22)17-9-12-4-5-14(11-17)19(10-12)16(20)15-3-2-8-18(15)13-6-7-13/h2-3,8,12-14H,4-7,9-11H2,1H3/t12-,14+/m0/s1. The Bertz CT molecular complexity index is 723. The predicted molar refractivity (Wildman–Crippen MR) is 86.7 cm³/mol. The average Bonchev–Trinajstić information content (AvgIpc) is 3.29. The lowest BCUT2D eigenvalue weighted by Gasteiger charge is -2.36. The lowest BCUT2D eigenvalue weighted by molar-refractivity contribution is 0.0577. The molecule has 1 aliphatic carbocycles. The number of amides is 1. The molecule has 4 fully saturated rings. The summed E-state index contributed by atoms with van der Waals surface area (Å²) in [5.74, 6) is 0.309. The SMILES string of the molecule is CS(=O)(=O)N1C[C@@H]2CC[C@H](C1)N(C(=O)c1cccn1C1CC1)C2. The predicted octanol–water partition coefficient (Wildman–Crippen LogP) is 1.32. The van der Waals surface area contributed by atoms with Crippen LogP contribution in [0.3, 0.4) is 0 Å². The van der Waals surface area contributed by atoms with Crippen molar-refractivity contribution >= 4 is 15.9 Å². The molecule has 4 heterocycles. The van der Waals surface area contributed by atoms with Crippen LogP contribution < -0.4 is 0 Å². The number of carbonyl (C=O) groups is 1. The summed E-state index contributed by atoms with van der Waals surface area (Å²) < 4.78 is 27.5. The number of aromatic nitrogens is 1. The molecule has 0 N–H and O–H groups in total. The maximum Gasteiger partial charge on any atom is 0.270 e. The third-order valence-corrected chi connectivity index (χ3v) is 6.58. The van der Waals surface area contributed by atoms with Gasteiger partial charge in [0.05, 0.1) is 6.26 Å². The maximum absolute atomic E-state index is 13.1. The topological polar surface area (TPSA) is 62.6 Å². The Hall–Kier alpha value is -1.34. The monoisotopic (exact) mass is 337 g/mol. The average molecular weight is 337 g/mol. The summed E-state index contributed by atoms with van der Waals surface area (Å²) in [5.41, 5.74) is 0.756. The molecule has 7 heteroatoms. The highest BCUT2D eigenvalue weighted by Crippen LogP contribution is 2.37. The molecule has 0 aromatic carbocycles. The van der Waals surface area contributed by atoms with Gasteiger partial charge in [0, 0.05) is 37.9 Å². The molecule has 3 aliphatic heterocycles. The van der Waals surface area contributed by atoms with Crippen LogP contribution in [0.25, 0.3) is 0 Å². The molecule has 3 saturated heterocycles. The third-order valence-electron chi connectivity index (χ3n) is 5.35. The van der Waals surface area contributed by atoms with Crippen molar-refractivity contribution in [1.29, 1.82) is 0 Å². The van der Waals surface area contributed by atoms with E-state index in [2.05, 4.69) is 4.57 Å². The Morgan fingerprint density at radius 2 is 1.83 bits per heavy atom. The highest BCUT2D eigenvalue weighted by molar-refractivity contribution is 7.88. The van der Waals surface area contributed by atoms with Gasteiger partial charge in [-0.05, 0) is 43.7 Å². The van der Waals surface area contributed by atoms with E-state index < -0.39 is 10.0 Å². The molecule has 23 heavy (non-hydrogen) atoms. The molecule has 4 aliphatic rings. The van der Waals surface area contributed by atoms with Gasteiger partial charge in [-0.25, -0.2) is 8.42 Å². The second kappa shape index (κ2) is 5.34. The van der Waals surface area contributed by atoms with Gasteiger partial charge in [-0.2, -0.15) is 4.31 Å². The van der Waals surface area contributed by atoms with Crippen molar-refractivity contribution in [3.63, 3.8) is 0 Å². The van der Waals surface area contributed by atoms with Crippen molar-refractivity contribution in [2.24, 2.45) is 5.92 Å². The van der Waals surface area contributed by atoms with Crippen molar-refractivity contribution in [3.05, 3.63) is 24.0 Å². The van der Waals surface area contributed by atoms with Crippen LogP contribution in [0, 0.1) is 5.92 Å². The molecule has 5 rings (SSSR count). The summed E-state index contributed by atoms with van der Waals surface area (Å²) in [6.45, 7) is 1.65. The van der Waals surface area contributed by atoms with Gasteiger partial charge in [0.25, 0.3) is 5.91 Å². The maximum atomic E-state index is 13.1. The summed E-state index contributed by atoms with van der Waals surface area (Å²) in [5, 5.41) is 0. The first-order chi connectivity index (χ1) is 10.9. The number of fused-ring (bicyclic) bond motifs is 4. The van der Waals surface area contributed by atoms with Gasteiger partial charge in [0.1, 0.15) is 5.69 Å². The molecule has 1 amide bonds. The van der Waals surface area contributed by atoms with Crippen LogP contribution in [0.1, 0.15) is 42.2 Å². The zero-order chi connectivity index (χ0) is 16.2. The quantitative estimate of drug-likeness (QED) is 0.836. The van der Waals surface area contributed by atoms with E-state index in [1.54, 1.807) is 4.31 Å². The van der Waals surface area contributed by atoms with Crippen LogP contribution in [0.2, 0.25) is 0 Å². The van der Waals surface area contributed by atoms with Crippen LogP contribution in [-0.4, -0.2) is 60.0 Å². The first-order valence-electron chi connectivity index (χ1n) is 8.36. The molecular formula is C16H23N3O3S. The Kier molecular flexibility index (Phi) is 3.53. The fraction of sp³-hybridized carbons (Fsp3) is 0.688. The summed E-state index contributed by atoms with van der Waals surface area (Å²) >= 11 is 0. The second-order valence-electron chi connectivity index (χ2n) is 7.17. The number of nitrogens with zero attached hydrogens (tertiary/aromatic N) is 3. The number of piperidine rings is 1. The minimum Gasteiger partial charge on any atom is -0.340 e. The van der Waals surface area contributed by atoms with Gasteiger partial charge >= 0.3 is 0 Å². The van der Waals surface area contributed by atoms with Crippen molar-refractivity contribution < 1.29 is 13.2 Å². The second-order valence-corrected chi connectivity index (χ2v) is 9.15. The van der Waals surface area contributed by atoms with Gasteiger partial charge in [-0.3, -0.25) is 4.79 Å². The summed E-state index contributed by atoms with van der Waals surface area (Å²) in [6, 6.07) is 4.30. The largest absolute Gasteiger partial charge is 0.340 e. The van der Waals surface area contributed by atoms with Gasteiger partial charge in [-0.15, -0.1) is 0 Å². The molecule has 0 radical (unpaired) electrons. The summed E-state index contributed by atoms with van der Waals surface area (Å²) in [4.78, 5) is 15.0. The van der Waals surface area contributed by atoms with Crippen LogP contribution >= 0.6 is 0 Å². The number of carbonyl (C=O) groups excluding carboxylic acids is 1. The zero-order valence-corrected chi connectivity index (χ0v) is 14.2. The smallest absolute Gasteiger partial charge is 0.270 e. The Morgan fingerprint density at radius 1 is 1.09 bits per heavy atom. The Morgan fingerprint density at radius 3 is 2.52 bits per heavy atom. The van der Waals surface area contributed by atoms with E-state index in [1.807, 2.05) is 23.2 Å². The third kappa shape index (κ3) is 2.80. The van der Waals surface area contributed by atoms with E-state index in [9.17, 15) is 13.2 Å². The van der Waals surface area contributed by atoms with E-state index in [4.69, 9.17) is 0 Å². The van der Waals surface area contributed by atoms with Gasteiger partial charge < -0.3 is 9.47 Å². The summed E-state index contributed by atoms with van der Waals surface area (Å²) in [7, 11) is -3.20. The van der Waals surface area contributed by atoms with Gasteiger partial charge in [0.2, 0.25) is 10.0 Å². The molecule has 2 atom stereocenters. The molecule has 0 unspecified atom stereocenters. The fourth-order valence-corrected chi connectivity index (χ4v) is 4.88. The van der Waals surface area contributed by atoms with Crippen LogP contribution in [0.4, 0.5) is 0 Å². The molecule has 1 aromatic rings. The summed E-state index contributed by atoms with van der Waals surface area (Å²) in [6.07, 6.45) is 7.44. The van der Waals surface area contributed by atoms with Crippen LogP contribution in [-0.2, 0) is 10.0 Å². The van der Waals surface area contributed by atoms with E-state index in [0.29, 0.717) is 25.7 Å². The van der Waals surface area contributed by atoms with Gasteiger partial charge in [-0.1, -0.05) is 0 Å². The first kappa shape index (κ1) is 15.2. The van der Waals surface area contributed by atoms with E-state index in [0.717, 1.165) is 31.4 Å². The molecule has 6 nitrogen and oxygen atoms in total. The van der Waals surface area contributed by atoms with Crippen LogP contribution in [0.5, 0.6) is 0 Å². The van der Waals surface area contributed by atoms with Crippen molar-refractivity contribution in [3.8, 4) is 0 Å². The molecule has 1 saturated carbocycles. The number of hydrogen-bond acceptors (Lipinski definition) is 3. The first-order valence-corrected chi connectivity index (χ1v) is 10.2. The van der Waals surface area contributed by atoms with Crippen molar-refractivity contribution in [2.45, 2.75) is 37.8 Å². The Balaban J connectivity index is 1.60. The lowest BCUT2D eigenvalue weighted by Crippen LogP contribution is -2.48. The lowest BCUT2D eigenvalue weighted by atomic mass is 9.95. The van der Waals surface area contributed by atoms with Crippen molar-refractivity contribution in [1.82, 2.24) is 13.8 Å². The van der Waals surface area contributed by atoms with E-state index in [-0.39, 0.29) is 17.9 Å². The molecular weight excluding hydrogens is 314 g/mol.